The summed E-state index contributed by atoms with van der Waals surface area (Å²) in [5.41, 5.74) is 5.70. The molecule has 1 amide bonds. The number of carbonyl (C=O) groups excluding carboxylic acids is 1. The van der Waals surface area contributed by atoms with Crippen LogP contribution in [0.3, 0.4) is 0 Å². The first-order valence-electron chi connectivity index (χ1n) is 7.30. The van der Waals surface area contributed by atoms with Gasteiger partial charge in [-0.2, -0.15) is 0 Å². The van der Waals surface area contributed by atoms with Crippen LogP contribution in [0.1, 0.15) is 46.5 Å². The molecule has 0 aromatic rings. The van der Waals surface area contributed by atoms with Crippen LogP contribution < -0.4 is 16.4 Å². The highest BCUT2D eigenvalue weighted by Gasteiger charge is 2.52. The van der Waals surface area contributed by atoms with E-state index in [4.69, 9.17) is 10.5 Å². The molecule has 1 aliphatic heterocycles. The predicted molar refractivity (Wildman–Crippen MR) is 74.9 cm³/mol. The van der Waals surface area contributed by atoms with Crippen molar-refractivity contribution in [3.8, 4) is 0 Å². The normalized spacial score (nSPS) is 27.5. The Balaban J connectivity index is 1.89. The molecule has 0 radical (unpaired) electrons. The van der Waals surface area contributed by atoms with Gasteiger partial charge in [-0.15, -0.1) is 0 Å². The largest absolute Gasteiger partial charge is 0.444 e. The van der Waals surface area contributed by atoms with Gasteiger partial charge in [-0.05, 0) is 65.5 Å². The molecule has 1 aliphatic carbocycles. The Labute approximate surface area is 115 Å². The molecule has 5 heteroatoms. The van der Waals surface area contributed by atoms with Crippen LogP contribution >= 0.6 is 0 Å². The lowest BCUT2D eigenvalue weighted by Crippen LogP contribution is -2.56. The third-order valence-corrected chi connectivity index (χ3v) is 4.02. The first-order valence-corrected chi connectivity index (χ1v) is 7.30. The van der Waals surface area contributed by atoms with Crippen molar-refractivity contribution in [3.63, 3.8) is 0 Å². The molecule has 2 rings (SSSR count). The second-order valence-electron chi connectivity index (χ2n) is 6.92. The van der Waals surface area contributed by atoms with Crippen LogP contribution in [0, 0.1) is 5.92 Å². The van der Waals surface area contributed by atoms with Crippen molar-refractivity contribution in [2.45, 2.75) is 63.6 Å². The number of hydrogen-bond donors (Lipinski definition) is 3. The fourth-order valence-electron chi connectivity index (χ4n) is 2.82. The van der Waals surface area contributed by atoms with Crippen LogP contribution in [-0.2, 0) is 4.74 Å². The third kappa shape index (κ3) is 3.83. The molecule has 2 fully saturated rings. The number of rotatable bonds is 3. The van der Waals surface area contributed by atoms with Gasteiger partial charge < -0.3 is 21.1 Å². The molecule has 2 unspecified atom stereocenters. The first kappa shape index (κ1) is 14.6. The van der Waals surface area contributed by atoms with Crippen molar-refractivity contribution < 1.29 is 9.53 Å². The number of hydrogen-bond acceptors (Lipinski definition) is 4. The number of amides is 1. The van der Waals surface area contributed by atoms with Crippen molar-refractivity contribution in [1.82, 2.24) is 10.6 Å². The van der Waals surface area contributed by atoms with Crippen LogP contribution in [0.4, 0.5) is 4.79 Å². The van der Waals surface area contributed by atoms with E-state index in [-0.39, 0.29) is 17.7 Å². The van der Waals surface area contributed by atoms with E-state index >= 15 is 0 Å². The number of alkyl carbamates (subject to hydrolysis) is 1. The standard InChI is InChI=1S/C14H27N3O2/c1-13(2,3)19-12(18)17-14(6-7-14)11(15)10-5-4-8-16-9-10/h10-11,16H,4-9,15H2,1-3H3,(H,17,18). The average molecular weight is 269 g/mol. The summed E-state index contributed by atoms with van der Waals surface area (Å²) in [6, 6.07) is 0.0211. The Hall–Kier alpha value is -0.810. The lowest BCUT2D eigenvalue weighted by Gasteiger charge is -2.34. The summed E-state index contributed by atoms with van der Waals surface area (Å²) in [7, 11) is 0. The van der Waals surface area contributed by atoms with Crippen LogP contribution in [0.25, 0.3) is 0 Å². The lowest BCUT2D eigenvalue weighted by atomic mass is 9.86. The van der Waals surface area contributed by atoms with Crippen LogP contribution in [0.5, 0.6) is 0 Å². The fraction of sp³-hybridized carbons (Fsp3) is 0.929. The van der Waals surface area contributed by atoms with Gasteiger partial charge in [-0.3, -0.25) is 0 Å². The molecule has 2 aliphatic rings. The molecular formula is C14H27N3O2. The minimum atomic E-state index is -0.462. The summed E-state index contributed by atoms with van der Waals surface area (Å²) in [4.78, 5) is 11.9. The zero-order valence-corrected chi connectivity index (χ0v) is 12.3. The molecule has 4 N–H and O–H groups in total. The number of carbonyl (C=O) groups is 1. The van der Waals surface area contributed by atoms with Crippen molar-refractivity contribution >= 4 is 6.09 Å². The SMILES string of the molecule is CC(C)(C)OC(=O)NC1(C(N)C2CCCNC2)CC1. The van der Waals surface area contributed by atoms with E-state index in [2.05, 4.69) is 10.6 Å². The maximum Gasteiger partial charge on any atom is 0.408 e. The number of piperidine rings is 1. The van der Waals surface area contributed by atoms with E-state index in [1.54, 1.807) is 0 Å². The average Bonchev–Trinajstić information content (AvgIpc) is 3.07. The molecule has 5 nitrogen and oxygen atoms in total. The van der Waals surface area contributed by atoms with Crippen LogP contribution in [0.15, 0.2) is 0 Å². The summed E-state index contributed by atoms with van der Waals surface area (Å²) >= 11 is 0. The molecule has 110 valence electrons. The highest BCUT2D eigenvalue weighted by molar-refractivity contribution is 5.69. The minimum absolute atomic E-state index is 0.0211. The molecule has 0 aromatic carbocycles. The first-order chi connectivity index (χ1) is 8.82. The molecule has 1 saturated carbocycles. The topological polar surface area (TPSA) is 76.4 Å². The summed E-state index contributed by atoms with van der Waals surface area (Å²) < 4.78 is 5.33. The molecular weight excluding hydrogens is 242 g/mol. The minimum Gasteiger partial charge on any atom is -0.444 e. The van der Waals surface area contributed by atoms with E-state index in [1.807, 2.05) is 20.8 Å². The molecule has 0 bridgehead atoms. The van der Waals surface area contributed by atoms with Gasteiger partial charge in [-0.25, -0.2) is 4.79 Å². The Kier molecular flexibility index (Phi) is 4.06. The van der Waals surface area contributed by atoms with Gasteiger partial charge in [0.05, 0.1) is 5.54 Å². The van der Waals surface area contributed by atoms with Crippen LogP contribution in [0.2, 0.25) is 0 Å². The quantitative estimate of drug-likeness (QED) is 0.723. The maximum absolute atomic E-state index is 11.9. The second kappa shape index (κ2) is 5.29. The molecule has 1 heterocycles. The van der Waals surface area contributed by atoms with Gasteiger partial charge in [0.2, 0.25) is 0 Å². The number of nitrogens with two attached hydrogens (primary N) is 1. The van der Waals surface area contributed by atoms with Gasteiger partial charge in [0.1, 0.15) is 5.60 Å². The number of ether oxygens (including phenoxy) is 1. The Bertz CT molecular complexity index is 328. The summed E-state index contributed by atoms with van der Waals surface area (Å²) in [6.07, 6.45) is 3.89. The van der Waals surface area contributed by atoms with Crippen molar-refractivity contribution in [2.75, 3.05) is 13.1 Å². The lowest BCUT2D eigenvalue weighted by molar-refractivity contribution is 0.0476. The molecule has 1 saturated heterocycles. The highest BCUT2D eigenvalue weighted by atomic mass is 16.6. The molecule has 2 atom stereocenters. The maximum atomic E-state index is 11.9. The van der Waals surface area contributed by atoms with Gasteiger partial charge in [0.25, 0.3) is 0 Å². The monoisotopic (exact) mass is 269 g/mol. The van der Waals surface area contributed by atoms with Gasteiger partial charge in [-0.1, -0.05) is 0 Å². The Morgan fingerprint density at radius 3 is 2.63 bits per heavy atom. The summed E-state index contributed by atoms with van der Waals surface area (Å²) in [5, 5.41) is 6.39. The van der Waals surface area contributed by atoms with E-state index in [1.165, 1.54) is 6.42 Å². The summed E-state index contributed by atoms with van der Waals surface area (Å²) in [5.74, 6) is 0.450. The van der Waals surface area contributed by atoms with E-state index in [9.17, 15) is 4.79 Å². The van der Waals surface area contributed by atoms with Crippen LogP contribution in [-0.4, -0.2) is 36.4 Å². The Morgan fingerprint density at radius 2 is 2.16 bits per heavy atom. The zero-order valence-electron chi connectivity index (χ0n) is 12.3. The highest BCUT2D eigenvalue weighted by Crippen LogP contribution is 2.41. The molecule has 19 heavy (non-hydrogen) atoms. The Morgan fingerprint density at radius 1 is 1.47 bits per heavy atom. The summed E-state index contributed by atoms with van der Waals surface area (Å²) in [6.45, 7) is 7.65. The van der Waals surface area contributed by atoms with Crippen molar-refractivity contribution in [3.05, 3.63) is 0 Å². The van der Waals surface area contributed by atoms with E-state index < -0.39 is 5.60 Å². The van der Waals surface area contributed by atoms with Crippen molar-refractivity contribution in [1.29, 1.82) is 0 Å². The molecule has 0 aromatic heterocycles. The van der Waals surface area contributed by atoms with Crippen molar-refractivity contribution in [2.24, 2.45) is 11.7 Å². The van der Waals surface area contributed by atoms with Gasteiger partial charge >= 0.3 is 6.09 Å². The van der Waals surface area contributed by atoms with Gasteiger partial charge in [0.15, 0.2) is 0 Å². The third-order valence-electron chi connectivity index (χ3n) is 4.02. The number of nitrogens with one attached hydrogen (secondary N) is 2. The fourth-order valence-corrected chi connectivity index (χ4v) is 2.82. The second-order valence-corrected chi connectivity index (χ2v) is 6.92. The van der Waals surface area contributed by atoms with Gasteiger partial charge in [0, 0.05) is 6.04 Å². The predicted octanol–water partition coefficient (Wildman–Crippen LogP) is 1.37. The smallest absolute Gasteiger partial charge is 0.408 e. The van der Waals surface area contributed by atoms with E-state index in [0.717, 1.165) is 32.4 Å². The van der Waals surface area contributed by atoms with E-state index in [0.29, 0.717) is 5.92 Å². The molecule has 0 spiro atoms. The zero-order chi connectivity index (χ0) is 14.1.